The fraction of sp³-hybridized carbons (Fsp3) is 0.480. The topological polar surface area (TPSA) is 64.1 Å². The molecule has 2 heterocycles. The molecule has 6 nitrogen and oxygen atoms in total. The first-order valence-electron chi connectivity index (χ1n) is 11.2. The molecule has 2 aromatic rings. The number of nitrogens with zero attached hydrogens (tertiary/aromatic N) is 1. The lowest BCUT2D eigenvalue weighted by molar-refractivity contribution is 0.0513. The second kappa shape index (κ2) is 9.87. The Kier molecular flexibility index (Phi) is 7.14. The predicted molar refractivity (Wildman–Crippen MR) is 136 cm³/mol. The van der Waals surface area contributed by atoms with Crippen molar-refractivity contribution in [3.05, 3.63) is 59.7 Å². The highest BCUT2D eigenvalue weighted by Crippen LogP contribution is 2.47. The Balaban J connectivity index is 0.00000245. The Morgan fingerprint density at radius 1 is 0.844 bits per heavy atom. The number of ether oxygens (including phenoxy) is 3. The summed E-state index contributed by atoms with van der Waals surface area (Å²) in [7, 11) is 1.84. The Hall–Kier alpha value is -2.00. The predicted octanol–water partition coefficient (Wildman–Crippen LogP) is 3.98. The van der Waals surface area contributed by atoms with Crippen molar-refractivity contribution in [1.82, 2.24) is 10.6 Å². The van der Waals surface area contributed by atoms with E-state index in [1.165, 1.54) is 24.0 Å². The molecule has 1 saturated carbocycles. The summed E-state index contributed by atoms with van der Waals surface area (Å²) < 4.78 is 16.8. The summed E-state index contributed by atoms with van der Waals surface area (Å²) in [5.41, 5.74) is 2.91. The van der Waals surface area contributed by atoms with Gasteiger partial charge in [0.15, 0.2) is 17.5 Å². The van der Waals surface area contributed by atoms with Crippen LogP contribution in [0.3, 0.4) is 0 Å². The van der Waals surface area contributed by atoms with Gasteiger partial charge in [0.05, 0.1) is 0 Å². The van der Waals surface area contributed by atoms with E-state index in [0.29, 0.717) is 6.79 Å². The summed E-state index contributed by atoms with van der Waals surface area (Å²) in [6, 6.07) is 17.1. The van der Waals surface area contributed by atoms with Crippen molar-refractivity contribution in [1.29, 1.82) is 0 Å². The highest BCUT2D eigenvalue weighted by atomic mass is 127. The van der Waals surface area contributed by atoms with E-state index < -0.39 is 0 Å². The van der Waals surface area contributed by atoms with Crippen molar-refractivity contribution < 1.29 is 14.2 Å². The van der Waals surface area contributed by atoms with Crippen molar-refractivity contribution in [2.75, 3.05) is 40.1 Å². The number of nitrogens with one attached hydrogen (secondary N) is 2. The third-order valence-electron chi connectivity index (χ3n) is 7.09. The lowest BCUT2D eigenvalue weighted by atomic mass is 9.74. The van der Waals surface area contributed by atoms with Gasteiger partial charge in [-0.2, -0.15) is 0 Å². The van der Waals surface area contributed by atoms with E-state index in [0.717, 1.165) is 56.6 Å². The minimum atomic E-state index is -0.0203. The average molecular weight is 549 g/mol. The highest BCUT2D eigenvalue weighted by molar-refractivity contribution is 14.0. The summed E-state index contributed by atoms with van der Waals surface area (Å²) in [6.45, 7) is 3.52. The molecule has 3 aliphatic rings. The summed E-state index contributed by atoms with van der Waals surface area (Å²) in [6.07, 6.45) is 4.37. The Bertz CT molecular complexity index is 941. The summed E-state index contributed by atoms with van der Waals surface area (Å²) in [5, 5.41) is 7.19. The first kappa shape index (κ1) is 23.2. The molecule has 0 amide bonds. The number of benzene rings is 2. The maximum absolute atomic E-state index is 5.69. The van der Waals surface area contributed by atoms with Crippen LogP contribution in [0.2, 0.25) is 0 Å². The SMILES string of the molecule is CN=C(NCC1(c2ccc3c(c2)OCO3)CCOCC1)NCC1(c2ccccc2)CC1.I. The first-order chi connectivity index (χ1) is 15.2. The second-order valence-corrected chi connectivity index (χ2v) is 8.89. The smallest absolute Gasteiger partial charge is 0.231 e. The van der Waals surface area contributed by atoms with E-state index in [1.807, 2.05) is 13.1 Å². The fourth-order valence-electron chi connectivity index (χ4n) is 4.79. The van der Waals surface area contributed by atoms with Crippen molar-refractivity contribution >= 4 is 29.9 Å². The molecule has 0 bridgehead atoms. The molecular weight excluding hydrogens is 517 g/mol. The zero-order chi connectivity index (χ0) is 21.2. The summed E-state index contributed by atoms with van der Waals surface area (Å²) in [4.78, 5) is 4.50. The van der Waals surface area contributed by atoms with Crippen molar-refractivity contribution in [2.24, 2.45) is 4.99 Å². The number of halogens is 1. The van der Waals surface area contributed by atoms with E-state index in [4.69, 9.17) is 14.2 Å². The van der Waals surface area contributed by atoms with Crippen LogP contribution in [0.15, 0.2) is 53.5 Å². The molecule has 0 unspecified atom stereocenters. The van der Waals surface area contributed by atoms with E-state index >= 15 is 0 Å². The van der Waals surface area contributed by atoms with Crippen molar-refractivity contribution in [3.8, 4) is 11.5 Å². The van der Waals surface area contributed by atoms with Crippen molar-refractivity contribution in [2.45, 2.75) is 36.5 Å². The normalized spacial score (nSPS) is 20.2. The molecule has 5 rings (SSSR count). The minimum absolute atomic E-state index is 0. The lowest BCUT2D eigenvalue weighted by Gasteiger charge is -2.38. The quantitative estimate of drug-likeness (QED) is 0.325. The van der Waals surface area contributed by atoms with E-state index in [9.17, 15) is 0 Å². The number of hydrogen-bond acceptors (Lipinski definition) is 4. The van der Waals surface area contributed by atoms with Gasteiger partial charge in [0.2, 0.25) is 6.79 Å². The maximum atomic E-state index is 5.69. The van der Waals surface area contributed by atoms with Gasteiger partial charge in [-0.05, 0) is 48.9 Å². The van der Waals surface area contributed by atoms with Crippen LogP contribution < -0.4 is 20.1 Å². The molecule has 0 aromatic heterocycles. The molecule has 2 fully saturated rings. The van der Waals surface area contributed by atoms with Gasteiger partial charge < -0.3 is 24.8 Å². The van der Waals surface area contributed by atoms with E-state index in [2.05, 4.69) is 58.1 Å². The molecule has 2 aliphatic heterocycles. The first-order valence-corrected chi connectivity index (χ1v) is 11.2. The zero-order valence-electron chi connectivity index (χ0n) is 18.6. The van der Waals surface area contributed by atoms with E-state index in [1.54, 1.807) is 0 Å². The van der Waals surface area contributed by atoms with Gasteiger partial charge in [-0.3, -0.25) is 4.99 Å². The Labute approximate surface area is 207 Å². The van der Waals surface area contributed by atoms with Gasteiger partial charge >= 0.3 is 0 Å². The number of aliphatic imine (C=N–C) groups is 1. The van der Waals surface area contributed by atoms with Crippen molar-refractivity contribution in [3.63, 3.8) is 0 Å². The molecular formula is C25H32IN3O3. The van der Waals surface area contributed by atoms with Gasteiger partial charge in [0.25, 0.3) is 0 Å². The number of guanidine groups is 1. The van der Waals surface area contributed by atoms with Crippen LogP contribution in [-0.4, -0.2) is 46.1 Å². The number of fused-ring (bicyclic) bond motifs is 1. The largest absolute Gasteiger partial charge is 0.454 e. The van der Waals surface area contributed by atoms with Gasteiger partial charge in [-0.1, -0.05) is 36.4 Å². The summed E-state index contributed by atoms with van der Waals surface area (Å²) in [5.74, 6) is 2.52. The third kappa shape index (κ3) is 4.69. The van der Waals surface area contributed by atoms with Gasteiger partial charge in [0, 0.05) is 44.2 Å². The molecule has 0 spiro atoms. The Morgan fingerprint density at radius 2 is 1.50 bits per heavy atom. The second-order valence-electron chi connectivity index (χ2n) is 8.89. The average Bonchev–Trinajstić information content (AvgIpc) is 3.48. The van der Waals surface area contributed by atoms with Crippen LogP contribution in [0.4, 0.5) is 0 Å². The third-order valence-corrected chi connectivity index (χ3v) is 7.09. The van der Waals surface area contributed by atoms with Crippen LogP contribution in [0, 0.1) is 0 Å². The van der Waals surface area contributed by atoms with Gasteiger partial charge in [-0.15, -0.1) is 24.0 Å². The molecule has 7 heteroatoms. The summed E-state index contributed by atoms with van der Waals surface area (Å²) >= 11 is 0. The Morgan fingerprint density at radius 3 is 2.16 bits per heavy atom. The zero-order valence-corrected chi connectivity index (χ0v) is 20.9. The van der Waals surface area contributed by atoms with Crippen LogP contribution >= 0.6 is 24.0 Å². The van der Waals surface area contributed by atoms with Gasteiger partial charge in [-0.25, -0.2) is 0 Å². The molecule has 0 radical (unpaired) electrons. The number of rotatable bonds is 6. The fourth-order valence-corrected chi connectivity index (χ4v) is 4.79. The van der Waals surface area contributed by atoms with Crippen LogP contribution in [0.25, 0.3) is 0 Å². The molecule has 2 aromatic carbocycles. The lowest BCUT2D eigenvalue weighted by Crippen LogP contribution is -2.49. The van der Waals surface area contributed by atoms with Crippen LogP contribution in [0.5, 0.6) is 11.5 Å². The molecule has 1 aliphatic carbocycles. The number of hydrogen-bond donors (Lipinski definition) is 2. The molecule has 32 heavy (non-hydrogen) atoms. The standard InChI is InChI=1S/C25H31N3O3.HI/c1-26-23(27-16-24(9-10-24)19-5-3-2-4-6-19)28-17-25(11-13-29-14-12-25)20-7-8-21-22(15-20)31-18-30-21;/h2-8,15H,9-14,16-18H2,1H3,(H2,26,27,28);1H. The maximum Gasteiger partial charge on any atom is 0.231 e. The molecule has 2 N–H and O–H groups in total. The van der Waals surface area contributed by atoms with Crippen LogP contribution in [-0.2, 0) is 15.6 Å². The van der Waals surface area contributed by atoms with Gasteiger partial charge in [0.1, 0.15) is 0 Å². The highest BCUT2D eigenvalue weighted by Gasteiger charge is 2.44. The van der Waals surface area contributed by atoms with E-state index in [-0.39, 0.29) is 34.8 Å². The molecule has 172 valence electrons. The monoisotopic (exact) mass is 549 g/mol. The molecule has 0 atom stereocenters. The molecule has 1 saturated heterocycles. The minimum Gasteiger partial charge on any atom is -0.454 e. The van der Waals surface area contributed by atoms with Crippen LogP contribution in [0.1, 0.15) is 36.8 Å².